The van der Waals surface area contributed by atoms with Crippen LogP contribution in [0.15, 0.2) is 237 Å². The second kappa shape index (κ2) is 15.2. The summed E-state index contributed by atoms with van der Waals surface area (Å²) >= 11 is 1.86. The van der Waals surface area contributed by atoms with Crippen molar-refractivity contribution in [3.63, 3.8) is 0 Å². The maximum atomic E-state index is 5.37. The highest BCUT2D eigenvalue weighted by atomic mass is 32.1. The highest BCUT2D eigenvalue weighted by Gasteiger charge is 2.45. The Labute approximate surface area is 370 Å². The van der Waals surface area contributed by atoms with Gasteiger partial charge in [0.2, 0.25) is 0 Å². The largest absolute Gasteiger partial charge is 0.295 e. The molecule has 2 aromatic heterocycles. The molecule has 0 atom stereocenters. The van der Waals surface area contributed by atoms with Gasteiger partial charge in [-0.15, -0.1) is 11.3 Å². The summed E-state index contributed by atoms with van der Waals surface area (Å²) in [5.41, 5.74) is 14.3. The lowest BCUT2D eigenvalue weighted by Crippen LogP contribution is -2.28. The lowest BCUT2D eigenvalue weighted by atomic mass is 9.68. The second-order valence-corrected chi connectivity index (χ2v) is 17.1. The predicted molar refractivity (Wildman–Crippen MR) is 263 cm³/mol. The fourth-order valence-corrected chi connectivity index (χ4v) is 11.0. The van der Waals surface area contributed by atoms with Crippen LogP contribution in [0.4, 0.5) is 17.2 Å². The van der Waals surface area contributed by atoms with Crippen LogP contribution < -0.4 is 4.90 Å². The van der Waals surface area contributed by atoms with E-state index in [-0.39, 0.29) is 0 Å². The molecule has 3 nitrogen and oxygen atoms in total. The third-order valence-electron chi connectivity index (χ3n) is 12.6. The van der Waals surface area contributed by atoms with Crippen molar-refractivity contribution in [3.8, 4) is 44.9 Å². The third kappa shape index (κ3) is 6.10. The molecule has 0 amide bonds. The minimum atomic E-state index is -0.497. The Morgan fingerprint density at radius 1 is 0.381 bits per heavy atom. The van der Waals surface area contributed by atoms with Crippen LogP contribution in [0.2, 0.25) is 0 Å². The number of rotatable bonds is 8. The van der Waals surface area contributed by atoms with Gasteiger partial charge in [0.25, 0.3) is 0 Å². The summed E-state index contributed by atoms with van der Waals surface area (Å²) in [6, 6.07) is 85.1. The van der Waals surface area contributed by atoms with Gasteiger partial charge < -0.3 is 0 Å². The second-order valence-electron chi connectivity index (χ2n) is 16.1. The molecule has 12 rings (SSSR count). The Bertz CT molecular complexity index is 3330. The fraction of sp³-hybridized carbons (Fsp3) is 0.0169. The van der Waals surface area contributed by atoms with Crippen LogP contribution in [-0.2, 0) is 5.41 Å². The molecule has 1 aliphatic rings. The monoisotopic (exact) mass is 821 g/mol. The molecule has 0 radical (unpaired) electrons. The molecular formula is C59H39N3S. The standard InChI is InChI=1S/C59H39N3S/c1-4-17-41(18-5-1)54-39-56(61-58(60-54)42-19-6-2-7-20-42)62(45-35-31-40(32-36-45)47-26-16-27-51-50-25-12-15-30-55(50)63-57(47)51)46-37-33-44(34-38-46)59(43-21-8-3-9-22-43)52-28-13-10-23-48(52)49-24-11-14-29-53(49)59/h1-39H. The van der Waals surface area contributed by atoms with Gasteiger partial charge in [-0.05, 0) is 74.8 Å². The summed E-state index contributed by atoms with van der Waals surface area (Å²) in [6.07, 6.45) is 0. The number of aromatic nitrogens is 2. The van der Waals surface area contributed by atoms with Crippen LogP contribution in [0.5, 0.6) is 0 Å². The van der Waals surface area contributed by atoms with Crippen molar-refractivity contribution in [2.75, 3.05) is 4.90 Å². The molecule has 9 aromatic carbocycles. The van der Waals surface area contributed by atoms with Crippen molar-refractivity contribution in [3.05, 3.63) is 259 Å². The molecule has 4 heteroatoms. The first kappa shape index (κ1) is 36.9. The van der Waals surface area contributed by atoms with E-state index in [1.54, 1.807) is 0 Å². The molecule has 2 heterocycles. The number of thiophene rings is 1. The van der Waals surface area contributed by atoms with Crippen LogP contribution in [0, 0.1) is 0 Å². The first-order valence-electron chi connectivity index (χ1n) is 21.4. The summed E-state index contributed by atoms with van der Waals surface area (Å²) in [5.74, 6) is 1.45. The van der Waals surface area contributed by atoms with Gasteiger partial charge in [0.1, 0.15) is 5.82 Å². The Hall–Kier alpha value is -7.92. The molecule has 0 saturated carbocycles. The molecule has 63 heavy (non-hydrogen) atoms. The summed E-state index contributed by atoms with van der Waals surface area (Å²) < 4.78 is 2.61. The van der Waals surface area contributed by atoms with Crippen molar-refractivity contribution >= 4 is 48.7 Å². The zero-order chi connectivity index (χ0) is 41.7. The van der Waals surface area contributed by atoms with Gasteiger partial charge in [0, 0.05) is 48.7 Å². The Morgan fingerprint density at radius 2 is 0.905 bits per heavy atom. The van der Waals surface area contributed by atoms with E-state index in [1.165, 1.54) is 64.7 Å². The molecule has 296 valence electrons. The van der Waals surface area contributed by atoms with Gasteiger partial charge in [0.15, 0.2) is 5.82 Å². The van der Waals surface area contributed by atoms with Gasteiger partial charge in [-0.3, -0.25) is 4.90 Å². The van der Waals surface area contributed by atoms with Crippen molar-refractivity contribution in [1.82, 2.24) is 9.97 Å². The predicted octanol–water partition coefficient (Wildman–Crippen LogP) is 15.7. The van der Waals surface area contributed by atoms with E-state index >= 15 is 0 Å². The number of fused-ring (bicyclic) bond motifs is 6. The molecule has 0 fully saturated rings. The number of hydrogen-bond donors (Lipinski definition) is 0. The Balaban J connectivity index is 1.05. The van der Waals surface area contributed by atoms with E-state index in [1.807, 2.05) is 35.6 Å². The molecule has 0 unspecified atom stereocenters. The zero-order valence-electron chi connectivity index (χ0n) is 34.3. The quantitative estimate of drug-likeness (QED) is 0.153. The number of anilines is 3. The lowest BCUT2D eigenvalue weighted by molar-refractivity contribution is 0.768. The van der Waals surface area contributed by atoms with E-state index < -0.39 is 5.41 Å². The van der Waals surface area contributed by atoms with E-state index in [2.05, 4.69) is 217 Å². The van der Waals surface area contributed by atoms with Crippen molar-refractivity contribution < 1.29 is 0 Å². The third-order valence-corrected chi connectivity index (χ3v) is 13.8. The Morgan fingerprint density at radius 3 is 1.59 bits per heavy atom. The van der Waals surface area contributed by atoms with Crippen LogP contribution in [-0.4, -0.2) is 9.97 Å². The topological polar surface area (TPSA) is 29.0 Å². The summed E-state index contributed by atoms with van der Waals surface area (Å²) in [6.45, 7) is 0. The smallest absolute Gasteiger partial charge is 0.162 e. The van der Waals surface area contributed by atoms with Crippen molar-refractivity contribution in [1.29, 1.82) is 0 Å². The van der Waals surface area contributed by atoms with E-state index in [0.29, 0.717) is 5.82 Å². The molecule has 0 bridgehead atoms. The average Bonchev–Trinajstić information content (AvgIpc) is 3.90. The summed E-state index contributed by atoms with van der Waals surface area (Å²) in [4.78, 5) is 12.8. The van der Waals surface area contributed by atoms with E-state index in [9.17, 15) is 0 Å². The van der Waals surface area contributed by atoms with Crippen molar-refractivity contribution in [2.24, 2.45) is 0 Å². The van der Waals surface area contributed by atoms with Gasteiger partial charge in [0.05, 0.1) is 11.1 Å². The highest BCUT2D eigenvalue weighted by molar-refractivity contribution is 7.26. The molecule has 0 spiro atoms. The summed E-state index contributed by atoms with van der Waals surface area (Å²) in [7, 11) is 0. The van der Waals surface area contributed by atoms with Crippen LogP contribution in [0.25, 0.3) is 65.1 Å². The van der Waals surface area contributed by atoms with E-state index in [4.69, 9.17) is 9.97 Å². The van der Waals surface area contributed by atoms with Gasteiger partial charge >= 0.3 is 0 Å². The lowest BCUT2D eigenvalue weighted by Gasteiger charge is -2.34. The van der Waals surface area contributed by atoms with Crippen LogP contribution >= 0.6 is 11.3 Å². The van der Waals surface area contributed by atoms with Gasteiger partial charge in [-0.1, -0.05) is 200 Å². The minimum absolute atomic E-state index is 0.497. The fourth-order valence-electron chi connectivity index (χ4n) is 9.77. The van der Waals surface area contributed by atoms with Gasteiger partial charge in [-0.2, -0.15) is 0 Å². The minimum Gasteiger partial charge on any atom is -0.295 e. The van der Waals surface area contributed by atoms with Gasteiger partial charge in [-0.25, -0.2) is 9.97 Å². The molecule has 0 N–H and O–H groups in total. The highest BCUT2D eigenvalue weighted by Crippen LogP contribution is 2.56. The number of benzene rings is 9. The Kier molecular flexibility index (Phi) is 8.91. The molecular weight excluding hydrogens is 783 g/mol. The normalized spacial score (nSPS) is 12.6. The van der Waals surface area contributed by atoms with Crippen LogP contribution in [0.3, 0.4) is 0 Å². The SMILES string of the molecule is c1ccc(-c2cc(N(c3ccc(-c4cccc5c4sc4ccccc45)cc3)c3ccc(C4(c5ccccc5)c5ccccc5-c5ccccc54)cc3)nc(-c3ccccc3)n2)cc1. The maximum absolute atomic E-state index is 5.37. The van der Waals surface area contributed by atoms with Crippen molar-refractivity contribution in [2.45, 2.75) is 5.41 Å². The molecule has 1 aliphatic carbocycles. The number of hydrogen-bond acceptors (Lipinski definition) is 4. The summed E-state index contributed by atoms with van der Waals surface area (Å²) in [5, 5.41) is 2.60. The maximum Gasteiger partial charge on any atom is 0.162 e. The number of nitrogens with zero attached hydrogens (tertiary/aromatic N) is 3. The first-order valence-corrected chi connectivity index (χ1v) is 22.2. The zero-order valence-corrected chi connectivity index (χ0v) is 35.1. The molecule has 0 aliphatic heterocycles. The van der Waals surface area contributed by atoms with Crippen LogP contribution in [0.1, 0.15) is 22.3 Å². The first-order chi connectivity index (χ1) is 31.2. The molecule has 0 saturated heterocycles. The average molecular weight is 822 g/mol. The molecule has 11 aromatic rings. The van der Waals surface area contributed by atoms with E-state index in [0.717, 1.165) is 34.0 Å².